The second kappa shape index (κ2) is 3.49. The Kier molecular flexibility index (Phi) is 2.43. The van der Waals surface area contributed by atoms with Crippen LogP contribution in [0.2, 0.25) is 0 Å². The maximum atomic E-state index is 6.09. The van der Waals surface area contributed by atoms with E-state index in [0.717, 1.165) is 5.82 Å². The van der Waals surface area contributed by atoms with Crippen LogP contribution in [0, 0.1) is 0 Å². The van der Waals surface area contributed by atoms with Crippen LogP contribution in [0.25, 0.3) is 0 Å². The van der Waals surface area contributed by atoms with Crippen molar-refractivity contribution in [2.24, 2.45) is 5.73 Å². The molecule has 0 saturated heterocycles. The van der Waals surface area contributed by atoms with Gasteiger partial charge in [0.05, 0.1) is 0 Å². The van der Waals surface area contributed by atoms with Gasteiger partial charge in [0.25, 0.3) is 0 Å². The minimum Gasteiger partial charge on any atom is -0.363 e. The van der Waals surface area contributed by atoms with Crippen LogP contribution in [0.1, 0.15) is 25.3 Å². The van der Waals surface area contributed by atoms with E-state index in [1.807, 2.05) is 26.4 Å². The number of pyridine rings is 1. The number of rotatable bonds is 3. The van der Waals surface area contributed by atoms with E-state index in [1.54, 1.807) is 0 Å². The van der Waals surface area contributed by atoms with Gasteiger partial charge in [-0.15, -0.1) is 0 Å². The number of hydrogen-bond donors (Lipinski definition) is 1. The monoisotopic (exact) mass is 205 g/mol. The minimum atomic E-state index is 0.188. The molecule has 3 heteroatoms. The molecule has 1 aliphatic rings. The molecule has 82 valence electrons. The van der Waals surface area contributed by atoms with Gasteiger partial charge in [-0.3, -0.25) is 0 Å². The molecule has 1 aliphatic carbocycles. The average Bonchev–Trinajstić information content (AvgIpc) is 2.98. The van der Waals surface area contributed by atoms with E-state index in [-0.39, 0.29) is 11.5 Å². The summed E-state index contributed by atoms with van der Waals surface area (Å²) < 4.78 is 0. The Morgan fingerprint density at radius 3 is 2.60 bits per heavy atom. The van der Waals surface area contributed by atoms with Gasteiger partial charge < -0.3 is 10.6 Å². The number of anilines is 1. The predicted molar refractivity (Wildman–Crippen MR) is 63.1 cm³/mol. The molecule has 1 aromatic heterocycles. The Balaban J connectivity index is 2.44. The largest absolute Gasteiger partial charge is 0.363 e. The number of nitrogens with zero attached hydrogens (tertiary/aromatic N) is 2. The fraction of sp³-hybridized carbons (Fsp3) is 0.583. The predicted octanol–water partition coefficient (Wildman–Crippen LogP) is 1.53. The summed E-state index contributed by atoms with van der Waals surface area (Å²) in [6.45, 7) is 2.10. The van der Waals surface area contributed by atoms with Crippen molar-refractivity contribution >= 4 is 5.82 Å². The highest BCUT2D eigenvalue weighted by Gasteiger charge is 2.49. The van der Waals surface area contributed by atoms with E-state index in [1.165, 1.54) is 18.4 Å². The van der Waals surface area contributed by atoms with Gasteiger partial charge in [-0.25, -0.2) is 4.98 Å². The highest BCUT2D eigenvalue weighted by atomic mass is 15.1. The summed E-state index contributed by atoms with van der Waals surface area (Å²) in [5.74, 6) is 1.06. The molecular weight excluding hydrogens is 186 g/mol. The Labute approximate surface area is 91.3 Å². The molecule has 2 rings (SSSR count). The number of hydrogen-bond acceptors (Lipinski definition) is 3. The fourth-order valence-electron chi connectivity index (χ4n) is 2.25. The summed E-state index contributed by atoms with van der Waals surface area (Å²) in [4.78, 5) is 6.50. The third kappa shape index (κ3) is 1.61. The first kappa shape index (κ1) is 10.4. The summed E-state index contributed by atoms with van der Waals surface area (Å²) in [5, 5.41) is 0. The van der Waals surface area contributed by atoms with Crippen molar-refractivity contribution in [3.63, 3.8) is 0 Å². The molecule has 2 N–H and O–H groups in total. The van der Waals surface area contributed by atoms with Crippen LogP contribution in [0.5, 0.6) is 0 Å². The van der Waals surface area contributed by atoms with E-state index in [2.05, 4.69) is 22.9 Å². The van der Waals surface area contributed by atoms with Gasteiger partial charge in [0.1, 0.15) is 5.82 Å². The lowest BCUT2D eigenvalue weighted by Gasteiger charge is -2.25. The maximum Gasteiger partial charge on any atom is 0.131 e. The molecule has 1 aromatic rings. The van der Waals surface area contributed by atoms with E-state index >= 15 is 0 Å². The van der Waals surface area contributed by atoms with E-state index in [0.29, 0.717) is 0 Å². The zero-order chi connectivity index (χ0) is 11.1. The van der Waals surface area contributed by atoms with Crippen molar-refractivity contribution in [2.75, 3.05) is 19.0 Å². The van der Waals surface area contributed by atoms with Crippen LogP contribution in [0.3, 0.4) is 0 Å². The topological polar surface area (TPSA) is 42.1 Å². The van der Waals surface area contributed by atoms with Gasteiger partial charge in [-0.1, -0.05) is 6.07 Å². The molecule has 1 fully saturated rings. The lowest BCUT2D eigenvalue weighted by atomic mass is 9.89. The van der Waals surface area contributed by atoms with Gasteiger partial charge >= 0.3 is 0 Å². The second-order valence-electron chi connectivity index (χ2n) is 4.71. The smallest absolute Gasteiger partial charge is 0.131 e. The van der Waals surface area contributed by atoms with E-state index in [9.17, 15) is 0 Å². The van der Waals surface area contributed by atoms with Crippen LogP contribution >= 0.6 is 0 Å². The van der Waals surface area contributed by atoms with Crippen LogP contribution in [0.4, 0.5) is 5.82 Å². The lowest BCUT2D eigenvalue weighted by Crippen LogP contribution is -2.33. The van der Waals surface area contributed by atoms with Crippen LogP contribution < -0.4 is 10.6 Å². The van der Waals surface area contributed by atoms with Gasteiger partial charge in [-0.05, 0) is 25.8 Å². The van der Waals surface area contributed by atoms with Crippen molar-refractivity contribution in [3.8, 4) is 0 Å². The summed E-state index contributed by atoms with van der Waals surface area (Å²) in [6, 6.07) is 4.38. The molecule has 0 aliphatic heterocycles. The normalized spacial score (nSPS) is 19.7. The van der Waals surface area contributed by atoms with E-state index in [4.69, 9.17) is 5.73 Å². The van der Waals surface area contributed by atoms with Crippen molar-refractivity contribution in [1.29, 1.82) is 0 Å². The second-order valence-corrected chi connectivity index (χ2v) is 4.71. The molecule has 0 aromatic carbocycles. The first-order valence-corrected chi connectivity index (χ1v) is 5.46. The first-order valence-electron chi connectivity index (χ1n) is 5.46. The van der Waals surface area contributed by atoms with Gasteiger partial charge in [0.15, 0.2) is 0 Å². The van der Waals surface area contributed by atoms with Gasteiger partial charge in [0, 0.05) is 37.3 Å². The quantitative estimate of drug-likeness (QED) is 0.813. The highest BCUT2D eigenvalue weighted by molar-refractivity contribution is 5.52. The third-order valence-corrected chi connectivity index (χ3v) is 3.41. The third-order valence-electron chi connectivity index (χ3n) is 3.41. The Bertz CT molecular complexity index is 354. The molecule has 0 radical (unpaired) electrons. The van der Waals surface area contributed by atoms with Crippen molar-refractivity contribution < 1.29 is 0 Å². The molecular formula is C12H19N3. The summed E-state index contributed by atoms with van der Waals surface area (Å²) in [7, 11) is 4.06. The minimum absolute atomic E-state index is 0.188. The molecule has 15 heavy (non-hydrogen) atoms. The van der Waals surface area contributed by atoms with Gasteiger partial charge in [0.2, 0.25) is 0 Å². The van der Waals surface area contributed by atoms with Crippen molar-refractivity contribution in [2.45, 2.75) is 31.2 Å². The lowest BCUT2D eigenvalue weighted by molar-refractivity contribution is 0.555. The van der Waals surface area contributed by atoms with Gasteiger partial charge in [-0.2, -0.15) is 0 Å². The molecule has 0 amide bonds. The molecule has 1 atom stereocenters. The molecule has 1 saturated carbocycles. The van der Waals surface area contributed by atoms with Crippen molar-refractivity contribution in [3.05, 3.63) is 23.9 Å². The molecule has 0 bridgehead atoms. The first-order chi connectivity index (χ1) is 7.08. The maximum absolute atomic E-state index is 6.09. The Morgan fingerprint density at radius 2 is 2.13 bits per heavy atom. The summed E-state index contributed by atoms with van der Waals surface area (Å²) in [6.07, 6.45) is 4.23. The fourth-order valence-corrected chi connectivity index (χ4v) is 2.25. The standard InChI is InChI=1S/C12H19N3/c1-9(13)12(6-7-12)10-5-4-8-14-11(10)15(2)3/h4-5,8-9H,6-7,13H2,1-3H3. The summed E-state index contributed by atoms with van der Waals surface area (Å²) >= 11 is 0. The Hall–Kier alpha value is -1.09. The Morgan fingerprint density at radius 1 is 1.47 bits per heavy atom. The molecule has 1 unspecified atom stereocenters. The molecule has 0 spiro atoms. The van der Waals surface area contributed by atoms with Crippen LogP contribution in [-0.4, -0.2) is 25.1 Å². The van der Waals surface area contributed by atoms with Crippen molar-refractivity contribution in [1.82, 2.24) is 4.98 Å². The van der Waals surface area contributed by atoms with E-state index < -0.39 is 0 Å². The zero-order valence-electron chi connectivity index (χ0n) is 9.70. The molecule has 1 heterocycles. The highest BCUT2D eigenvalue weighted by Crippen LogP contribution is 2.52. The van der Waals surface area contributed by atoms with Crippen LogP contribution in [-0.2, 0) is 5.41 Å². The number of nitrogens with two attached hydrogens (primary N) is 1. The average molecular weight is 205 g/mol. The summed E-state index contributed by atoms with van der Waals surface area (Å²) in [5.41, 5.74) is 7.59. The SMILES string of the molecule is CC(N)C1(c2cccnc2N(C)C)CC1. The molecule has 3 nitrogen and oxygen atoms in total. The number of aromatic nitrogens is 1. The zero-order valence-corrected chi connectivity index (χ0v) is 9.70. The van der Waals surface area contributed by atoms with Crippen LogP contribution in [0.15, 0.2) is 18.3 Å².